The lowest BCUT2D eigenvalue weighted by Crippen LogP contribution is -2.32. The van der Waals surface area contributed by atoms with Crippen LogP contribution in [0.1, 0.15) is 33.6 Å². The second-order valence-electron chi connectivity index (χ2n) is 5.30. The second-order valence-corrected chi connectivity index (χ2v) is 5.30. The van der Waals surface area contributed by atoms with Crippen molar-refractivity contribution in [2.45, 2.75) is 45.3 Å². The van der Waals surface area contributed by atoms with Gasteiger partial charge in [-0.3, -0.25) is 0 Å². The number of rotatable bonds is 5. The van der Waals surface area contributed by atoms with Crippen molar-refractivity contribution in [3.63, 3.8) is 0 Å². The molecule has 1 rings (SSSR count). The lowest BCUT2D eigenvalue weighted by atomic mass is 10.0. The van der Waals surface area contributed by atoms with Crippen molar-refractivity contribution in [3.8, 4) is 0 Å². The van der Waals surface area contributed by atoms with Gasteiger partial charge in [0.05, 0.1) is 11.7 Å². The molecule has 0 amide bonds. The van der Waals surface area contributed by atoms with Crippen LogP contribution in [0, 0.1) is 5.92 Å². The van der Waals surface area contributed by atoms with Gasteiger partial charge < -0.3 is 14.7 Å². The molecule has 0 aromatic carbocycles. The molecular weight excluding hydrogens is 190 g/mol. The summed E-state index contributed by atoms with van der Waals surface area (Å²) < 4.78 is 5.40. The molecule has 1 heterocycles. The second kappa shape index (κ2) is 5.28. The van der Waals surface area contributed by atoms with Gasteiger partial charge in [0.25, 0.3) is 0 Å². The zero-order valence-electron chi connectivity index (χ0n) is 10.5. The van der Waals surface area contributed by atoms with Crippen molar-refractivity contribution >= 4 is 0 Å². The highest BCUT2D eigenvalue weighted by Gasteiger charge is 2.27. The van der Waals surface area contributed by atoms with E-state index in [9.17, 15) is 5.11 Å². The van der Waals surface area contributed by atoms with Gasteiger partial charge in [0.1, 0.15) is 0 Å². The average Bonchev–Trinajstić information content (AvgIpc) is 2.63. The number of likely N-dealkylation sites (tertiary alicyclic amines) is 1. The summed E-state index contributed by atoms with van der Waals surface area (Å²) in [7, 11) is 1.77. The molecule has 1 N–H and O–H groups in total. The van der Waals surface area contributed by atoms with Gasteiger partial charge >= 0.3 is 0 Å². The fraction of sp³-hybridized carbons (Fsp3) is 1.00. The van der Waals surface area contributed by atoms with E-state index in [0.29, 0.717) is 5.92 Å². The first-order chi connectivity index (χ1) is 6.94. The Morgan fingerprint density at radius 3 is 2.67 bits per heavy atom. The minimum absolute atomic E-state index is 0.0249. The fourth-order valence-electron chi connectivity index (χ4n) is 1.99. The maximum absolute atomic E-state index is 9.49. The number of nitrogens with zero attached hydrogens (tertiary/aromatic N) is 1. The fourth-order valence-corrected chi connectivity index (χ4v) is 1.99. The molecule has 2 unspecified atom stereocenters. The smallest absolute Gasteiger partial charge is 0.0634 e. The summed E-state index contributed by atoms with van der Waals surface area (Å²) in [6.45, 7) is 9.37. The minimum atomic E-state index is -0.162. The van der Waals surface area contributed by atoms with Crippen LogP contribution in [0.4, 0.5) is 0 Å². The van der Waals surface area contributed by atoms with Gasteiger partial charge in [-0.1, -0.05) is 0 Å². The van der Waals surface area contributed by atoms with E-state index in [0.717, 1.165) is 32.5 Å². The third-order valence-electron chi connectivity index (χ3n) is 3.57. The van der Waals surface area contributed by atoms with Gasteiger partial charge in [-0.2, -0.15) is 0 Å². The van der Waals surface area contributed by atoms with Gasteiger partial charge in [-0.05, 0) is 46.1 Å². The first kappa shape index (κ1) is 12.9. The van der Waals surface area contributed by atoms with E-state index in [1.807, 2.05) is 6.92 Å². The van der Waals surface area contributed by atoms with Gasteiger partial charge in [-0.15, -0.1) is 0 Å². The van der Waals surface area contributed by atoms with Crippen LogP contribution in [-0.4, -0.2) is 48.5 Å². The molecule has 1 fully saturated rings. The predicted molar refractivity (Wildman–Crippen MR) is 61.9 cm³/mol. The third kappa shape index (κ3) is 4.09. The molecule has 0 saturated carbocycles. The molecule has 0 aromatic heterocycles. The van der Waals surface area contributed by atoms with Crippen LogP contribution >= 0.6 is 0 Å². The molecule has 1 aliphatic rings. The van der Waals surface area contributed by atoms with Crippen LogP contribution < -0.4 is 0 Å². The molecule has 1 saturated heterocycles. The van der Waals surface area contributed by atoms with Crippen molar-refractivity contribution in [1.29, 1.82) is 0 Å². The number of hydrogen-bond donors (Lipinski definition) is 1. The monoisotopic (exact) mass is 215 g/mol. The molecule has 0 spiro atoms. The Morgan fingerprint density at radius 2 is 2.20 bits per heavy atom. The van der Waals surface area contributed by atoms with Crippen LogP contribution in [0.3, 0.4) is 0 Å². The number of aliphatic hydroxyl groups excluding tert-OH is 1. The van der Waals surface area contributed by atoms with E-state index in [4.69, 9.17) is 4.74 Å². The quantitative estimate of drug-likeness (QED) is 0.754. The van der Waals surface area contributed by atoms with Crippen molar-refractivity contribution in [2.24, 2.45) is 5.92 Å². The predicted octanol–water partition coefficient (Wildman–Crippen LogP) is 1.50. The largest absolute Gasteiger partial charge is 0.393 e. The third-order valence-corrected chi connectivity index (χ3v) is 3.57. The minimum Gasteiger partial charge on any atom is -0.393 e. The Bertz CT molecular complexity index is 192. The summed E-state index contributed by atoms with van der Waals surface area (Å²) >= 11 is 0. The maximum Gasteiger partial charge on any atom is 0.0634 e. The van der Waals surface area contributed by atoms with Crippen LogP contribution in [0.5, 0.6) is 0 Å². The summed E-state index contributed by atoms with van der Waals surface area (Å²) in [6, 6.07) is 0. The standard InChI is InChI=1S/C12H25NO2/c1-10(14)11-5-7-13(9-11)8-6-12(2,3)15-4/h10-11,14H,5-9H2,1-4H3. The van der Waals surface area contributed by atoms with Crippen LogP contribution in [-0.2, 0) is 4.74 Å². The summed E-state index contributed by atoms with van der Waals surface area (Å²) in [4.78, 5) is 2.43. The highest BCUT2D eigenvalue weighted by molar-refractivity contribution is 4.80. The Kier molecular flexibility index (Phi) is 4.56. The van der Waals surface area contributed by atoms with Gasteiger partial charge in [0, 0.05) is 20.2 Å². The zero-order chi connectivity index (χ0) is 11.5. The molecule has 3 heteroatoms. The molecule has 0 bridgehead atoms. The molecule has 3 nitrogen and oxygen atoms in total. The summed E-state index contributed by atoms with van der Waals surface area (Å²) in [5, 5.41) is 9.49. The van der Waals surface area contributed by atoms with Crippen LogP contribution in [0.2, 0.25) is 0 Å². The van der Waals surface area contributed by atoms with E-state index in [1.165, 1.54) is 0 Å². The van der Waals surface area contributed by atoms with E-state index >= 15 is 0 Å². The van der Waals surface area contributed by atoms with Crippen molar-refractivity contribution < 1.29 is 9.84 Å². The topological polar surface area (TPSA) is 32.7 Å². The van der Waals surface area contributed by atoms with E-state index in [-0.39, 0.29) is 11.7 Å². The van der Waals surface area contributed by atoms with Gasteiger partial charge in [0.15, 0.2) is 0 Å². The summed E-state index contributed by atoms with van der Waals surface area (Å²) in [5.41, 5.74) is -0.0249. The van der Waals surface area contributed by atoms with E-state index < -0.39 is 0 Å². The van der Waals surface area contributed by atoms with Gasteiger partial charge in [-0.25, -0.2) is 0 Å². The molecule has 0 radical (unpaired) electrons. The SMILES string of the molecule is COC(C)(C)CCN1CCC(C(C)O)C1. The summed E-state index contributed by atoms with van der Waals surface area (Å²) in [5.74, 6) is 0.468. The maximum atomic E-state index is 9.49. The first-order valence-electron chi connectivity index (χ1n) is 5.90. The highest BCUT2D eigenvalue weighted by atomic mass is 16.5. The molecule has 0 aromatic rings. The molecule has 1 aliphatic heterocycles. The number of methoxy groups -OCH3 is 1. The lowest BCUT2D eigenvalue weighted by molar-refractivity contribution is 0.00834. The van der Waals surface area contributed by atoms with Crippen molar-refractivity contribution in [3.05, 3.63) is 0 Å². The molecule has 15 heavy (non-hydrogen) atoms. The molecule has 0 aliphatic carbocycles. The van der Waals surface area contributed by atoms with Crippen molar-refractivity contribution in [2.75, 3.05) is 26.7 Å². The van der Waals surface area contributed by atoms with Crippen LogP contribution in [0.25, 0.3) is 0 Å². The number of hydrogen-bond acceptors (Lipinski definition) is 3. The van der Waals surface area contributed by atoms with E-state index in [1.54, 1.807) is 7.11 Å². The van der Waals surface area contributed by atoms with E-state index in [2.05, 4.69) is 18.7 Å². The zero-order valence-corrected chi connectivity index (χ0v) is 10.5. The van der Waals surface area contributed by atoms with Crippen molar-refractivity contribution in [1.82, 2.24) is 4.90 Å². The first-order valence-corrected chi connectivity index (χ1v) is 5.90. The average molecular weight is 215 g/mol. The normalized spacial score (nSPS) is 25.8. The van der Waals surface area contributed by atoms with Gasteiger partial charge in [0.2, 0.25) is 0 Å². The molecule has 2 atom stereocenters. The summed E-state index contributed by atoms with van der Waals surface area (Å²) in [6.07, 6.45) is 2.02. The Balaban J connectivity index is 2.25. The Morgan fingerprint density at radius 1 is 1.53 bits per heavy atom. The lowest BCUT2D eigenvalue weighted by Gasteiger charge is -2.26. The molecule has 90 valence electrons. The highest BCUT2D eigenvalue weighted by Crippen LogP contribution is 2.21. The molecular formula is C12H25NO2. The Labute approximate surface area is 93.4 Å². The number of ether oxygens (including phenoxy) is 1. The Hall–Kier alpha value is -0.120. The van der Waals surface area contributed by atoms with Crippen LogP contribution in [0.15, 0.2) is 0 Å². The number of aliphatic hydroxyl groups is 1.